The first-order valence-electron chi connectivity index (χ1n) is 7.00. The first kappa shape index (κ1) is 12.7. The number of rotatable bonds is 0. The Bertz CT molecular complexity index is 455. The number of cyclic esters (lactones) is 1. The van der Waals surface area contributed by atoms with E-state index in [4.69, 9.17) is 9.47 Å². The van der Waals surface area contributed by atoms with Gasteiger partial charge in [0.1, 0.15) is 6.10 Å². The van der Waals surface area contributed by atoms with E-state index < -0.39 is 5.41 Å². The van der Waals surface area contributed by atoms with E-state index in [2.05, 4.69) is 13.5 Å². The maximum Gasteiger partial charge on any atom is 0.334 e. The van der Waals surface area contributed by atoms with Crippen molar-refractivity contribution in [2.24, 2.45) is 23.2 Å². The number of fused-ring (bicyclic) bond motifs is 2. The molecule has 5 atom stereocenters. The summed E-state index contributed by atoms with van der Waals surface area (Å²) in [5.74, 6) is 0.213. The van der Waals surface area contributed by atoms with Crippen LogP contribution in [0.3, 0.4) is 0 Å². The molecule has 3 rings (SSSR count). The highest BCUT2D eigenvalue weighted by Gasteiger charge is 2.55. The van der Waals surface area contributed by atoms with Gasteiger partial charge in [-0.15, -0.1) is 0 Å². The Morgan fingerprint density at radius 1 is 1.37 bits per heavy atom. The molecule has 4 heteroatoms. The predicted molar refractivity (Wildman–Crippen MR) is 68.1 cm³/mol. The topological polar surface area (TPSA) is 52.6 Å². The molecule has 0 N–H and O–H groups in total. The Morgan fingerprint density at radius 2 is 2.11 bits per heavy atom. The highest BCUT2D eigenvalue weighted by molar-refractivity contribution is 5.91. The average Bonchev–Trinajstić information content (AvgIpc) is 2.54. The summed E-state index contributed by atoms with van der Waals surface area (Å²) in [5.41, 5.74) is 0.0195. The normalized spacial score (nSPS) is 45.9. The van der Waals surface area contributed by atoms with Gasteiger partial charge in [0, 0.05) is 11.5 Å². The van der Waals surface area contributed by atoms with Crippen molar-refractivity contribution in [3.63, 3.8) is 0 Å². The lowest BCUT2D eigenvalue weighted by Crippen LogP contribution is -2.45. The van der Waals surface area contributed by atoms with E-state index in [9.17, 15) is 9.59 Å². The van der Waals surface area contributed by atoms with E-state index in [0.29, 0.717) is 30.4 Å². The molecule has 0 bridgehead atoms. The van der Waals surface area contributed by atoms with Crippen molar-refractivity contribution in [3.05, 3.63) is 12.2 Å². The van der Waals surface area contributed by atoms with E-state index >= 15 is 0 Å². The standard InChI is InChI=1S/C15H20O4/c1-8-6-12-10(9(2)13(16)19-12)7-15(3)11(8)4-5-18-14(15)17/h8,10-12H,2,4-7H2,1,3H3. The van der Waals surface area contributed by atoms with Crippen LogP contribution in [0.5, 0.6) is 0 Å². The van der Waals surface area contributed by atoms with Crippen LogP contribution in [-0.4, -0.2) is 24.6 Å². The largest absolute Gasteiger partial charge is 0.465 e. The van der Waals surface area contributed by atoms with Crippen molar-refractivity contribution in [1.82, 2.24) is 0 Å². The quantitative estimate of drug-likeness (QED) is 0.496. The lowest BCUT2D eigenvalue weighted by atomic mass is 9.66. The highest BCUT2D eigenvalue weighted by atomic mass is 16.6. The smallest absolute Gasteiger partial charge is 0.334 e. The fraction of sp³-hybridized carbons (Fsp3) is 0.733. The second-order valence-corrected chi connectivity index (χ2v) is 6.44. The molecule has 1 saturated carbocycles. The van der Waals surface area contributed by atoms with Gasteiger partial charge in [-0.3, -0.25) is 4.79 Å². The van der Waals surface area contributed by atoms with Crippen LogP contribution in [-0.2, 0) is 19.1 Å². The summed E-state index contributed by atoms with van der Waals surface area (Å²) in [6.07, 6.45) is 2.24. The molecular formula is C15H20O4. The Morgan fingerprint density at radius 3 is 2.84 bits per heavy atom. The van der Waals surface area contributed by atoms with Crippen LogP contribution < -0.4 is 0 Å². The van der Waals surface area contributed by atoms with Gasteiger partial charge in [0.05, 0.1) is 12.0 Å². The summed E-state index contributed by atoms with van der Waals surface area (Å²) in [5, 5.41) is 0. The Balaban J connectivity index is 1.98. The van der Waals surface area contributed by atoms with Gasteiger partial charge in [0.15, 0.2) is 0 Å². The fourth-order valence-corrected chi connectivity index (χ4v) is 4.19. The molecule has 0 aromatic carbocycles. The van der Waals surface area contributed by atoms with Crippen molar-refractivity contribution in [2.45, 2.75) is 39.2 Å². The molecule has 0 aromatic rings. The van der Waals surface area contributed by atoms with E-state index in [1.165, 1.54) is 0 Å². The zero-order valence-corrected chi connectivity index (χ0v) is 11.5. The fourth-order valence-electron chi connectivity index (χ4n) is 4.19. The summed E-state index contributed by atoms with van der Waals surface area (Å²) in [7, 11) is 0. The summed E-state index contributed by atoms with van der Waals surface area (Å²) >= 11 is 0. The lowest BCUT2D eigenvalue weighted by molar-refractivity contribution is -0.169. The monoisotopic (exact) mass is 264 g/mol. The van der Waals surface area contributed by atoms with Crippen LogP contribution in [0.1, 0.15) is 33.1 Å². The third-order valence-corrected chi connectivity index (χ3v) is 5.30. The minimum absolute atomic E-state index is 0.0319. The van der Waals surface area contributed by atoms with E-state index in [1.807, 2.05) is 6.92 Å². The summed E-state index contributed by atoms with van der Waals surface area (Å²) < 4.78 is 10.7. The van der Waals surface area contributed by atoms with Gasteiger partial charge >= 0.3 is 11.9 Å². The summed E-state index contributed by atoms with van der Waals surface area (Å²) in [6.45, 7) is 8.50. The zero-order valence-electron chi connectivity index (χ0n) is 11.5. The molecule has 19 heavy (non-hydrogen) atoms. The van der Waals surface area contributed by atoms with Crippen LogP contribution in [0, 0.1) is 23.2 Å². The molecule has 0 radical (unpaired) electrons. The average molecular weight is 264 g/mol. The molecule has 3 fully saturated rings. The molecule has 2 heterocycles. The minimum atomic E-state index is -0.506. The van der Waals surface area contributed by atoms with Crippen molar-refractivity contribution in [2.75, 3.05) is 6.61 Å². The molecular weight excluding hydrogens is 244 g/mol. The van der Waals surface area contributed by atoms with Crippen LogP contribution in [0.2, 0.25) is 0 Å². The van der Waals surface area contributed by atoms with Crippen LogP contribution in [0.4, 0.5) is 0 Å². The van der Waals surface area contributed by atoms with E-state index in [1.54, 1.807) is 0 Å². The number of hydrogen-bond acceptors (Lipinski definition) is 4. The zero-order chi connectivity index (χ0) is 13.8. The molecule has 104 valence electrons. The molecule has 2 aliphatic heterocycles. The molecule has 1 aliphatic carbocycles. The summed E-state index contributed by atoms with van der Waals surface area (Å²) in [4.78, 5) is 23.9. The van der Waals surface area contributed by atoms with E-state index in [0.717, 1.165) is 12.8 Å². The maximum absolute atomic E-state index is 12.2. The Labute approximate surface area is 113 Å². The predicted octanol–water partition coefficient (Wildman–Crippen LogP) is 2.08. The van der Waals surface area contributed by atoms with Gasteiger partial charge in [-0.1, -0.05) is 13.5 Å². The highest BCUT2D eigenvalue weighted by Crippen LogP contribution is 2.52. The maximum atomic E-state index is 12.2. The van der Waals surface area contributed by atoms with Crippen LogP contribution >= 0.6 is 0 Å². The van der Waals surface area contributed by atoms with Gasteiger partial charge in [-0.2, -0.15) is 0 Å². The number of ether oxygens (including phenoxy) is 2. The van der Waals surface area contributed by atoms with Crippen molar-refractivity contribution < 1.29 is 19.1 Å². The number of esters is 2. The number of hydrogen-bond donors (Lipinski definition) is 0. The first-order valence-corrected chi connectivity index (χ1v) is 7.00. The second-order valence-electron chi connectivity index (χ2n) is 6.44. The Hall–Kier alpha value is -1.32. The molecule has 2 saturated heterocycles. The van der Waals surface area contributed by atoms with Gasteiger partial charge in [-0.05, 0) is 38.0 Å². The molecule has 5 unspecified atom stereocenters. The third-order valence-electron chi connectivity index (χ3n) is 5.30. The SMILES string of the molecule is C=C1C(=O)OC2CC(C)C3CCOC(=O)C3(C)CC12. The van der Waals surface area contributed by atoms with Gasteiger partial charge in [0.25, 0.3) is 0 Å². The second kappa shape index (κ2) is 4.09. The van der Waals surface area contributed by atoms with E-state index in [-0.39, 0.29) is 24.0 Å². The molecule has 0 spiro atoms. The van der Waals surface area contributed by atoms with Crippen LogP contribution in [0.25, 0.3) is 0 Å². The number of carbonyl (C=O) groups excluding carboxylic acids is 2. The Kier molecular flexibility index (Phi) is 2.73. The molecule has 3 aliphatic rings. The molecule has 4 nitrogen and oxygen atoms in total. The van der Waals surface area contributed by atoms with Gasteiger partial charge < -0.3 is 9.47 Å². The third kappa shape index (κ3) is 1.72. The van der Waals surface area contributed by atoms with Crippen molar-refractivity contribution >= 4 is 11.9 Å². The van der Waals surface area contributed by atoms with Crippen molar-refractivity contribution in [1.29, 1.82) is 0 Å². The van der Waals surface area contributed by atoms with Gasteiger partial charge in [0.2, 0.25) is 0 Å². The molecule has 0 amide bonds. The summed E-state index contributed by atoms with van der Waals surface area (Å²) in [6, 6.07) is 0. The number of carbonyl (C=O) groups is 2. The minimum Gasteiger partial charge on any atom is -0.465 e. The van der Waals surface area contributed by atoms with Crippen molar-refractivity contribution in [3.8, 4) is 0 Å². The lowest BCUT2D eigenvalue weighted by Gasteiger charge is -2.41. The first-order chi connectivity index (χ1) is 8.93. The van der Waals surface area contributed by atoms with Gasteiger partial charge in [-0.25, -0.2) is 4.79 Å². The van der Waals surface area contributed by atoms with Crippen LogP contribution in [0.15, 0.2) is 12.2 Å². The molecule has 0 aromatic heterocycles.